The Balaban J connectivity index is 2.02. The van der Waals surface area contributed by atoms with Crippen molar-refractivity contribution in [1.82, 2.24) is 0 Å². The molecule has 0 unspecified atom stereocenters. The van der Waals surface area contributed by atoms with E-state index >= 15 is 0 Å². The molecule has 0 radical (unpaired) electrons. The number of hydrogen-bond acceptors (Lipinski definition) is 5. The molecule has 158 valence electrons. The number of ketones is 1. The molecule has 2 N–H and O–H groups in total. The van der Waals surface area contributed by atoms with E-state index in [1.54, 1.807) is 36.4 Å². The van der Waals surface area contributed by atoms with E-state index in [-0.39, 0.29) is 23.2 Å². The van der Waals surface area contributed by atoms with Crippen LogP contribution in [0.1, 0.15) is 55.3 Å². The Labute approximate surface area is 175 Å². The van der Waals surface area contributed by atoms with Crippen molar-refractivity contribution < 1.29 is 23.9 Å². The van der Waals surface area contributed by atoms with E-state index in [1.165, 1.54) is 26.0 Å². The molecule has 0 spiro atoms. The number of carbonyl (C=O) groups excluding carboxylic acids is 4. The lowest BCUT2D eigenvalue weighted by Gasteiger charge is -2.18. The highest BCUT2D eigenvalue weighted by atomic mass is 16.5. The molecule has 0 saturated heterocycles. The summed E-state index contributed by atoms with van der Waals surface area (Å²) in [7, 11) is 0. The van der Waals surface area contributed by atoms with Crippen molar-refractivity contribution in [3.8, 4) is 0 Å². The molecule has 2 aromatic rings. The zero-order chi connectivity index (χ0) is 22.5. The van der Waals surface area contributed by atoms with Gasteiger partial charge in [-0.2, -0.15) is 0 Å². The van der Waals surface area contributed by atoms with Gasteiger partial charge in [0.25, 0.3) is 0 Å². The number of anilines is 2. The fourth-order valence-corrected chi connectivity index (χ4v) is 2.48. The Morgan fingerprint density at radius 3 is 2.07 bits per heavy atom. The molecule has 7 heteroatoms. The summed E-state index contributed by atoms with van der Waals surface area (Å²) in [4.78, 5) is 48.2. The molecule has 0 bridgehead atoms. The number of carbonyl (C=O) groups is 4. The summed E-state index contributed by atoms with van der Waals surface area (Å²) < 4.78 is 5.28. The van der Waals surface area contributed by atoms with Crippen LogP contribution in [0.15, 0.2) is 48.5 Å². The Hall–Kier alpha value is -3.48. The van der Waals surface area contributed by atoms with Gasteiger partial charge in [0.1, 0.15) is 0 Å². The van der Waals surface area contributed by atoms with E-state index < -0.39 is 17.5 Å². The summed E-state index contributed by atoms with van der Waals surface area (Å²) in [5, 5.41) is 5.37. The summed E-state index contributed by atoms with van der Waals surface area (Å²) in [6, 6.07) is 12.7. The van der Waals surface area contributed by atoms with E-state index in [0.717, 1.165) is 0 Å². The van der Waals surface area contributed by atoms with E-state index in [2.05, 4.69) is 10.6 Å². The van der Waals surface area contributed by atoms with Gasteiger partial charge >= 0.3 is 5.97 Å². The minimum atomic E-state index is -1.00. The van der Waals surface area contributed by atoms with Gasteiger partial charge in [-0.25, -0.2) is 4.79 Å². The molecule has 0 aliphatic rings. The molecule has 2 amide bonds. The van der Waals surface area contributed by atoms with Crippen LogP contribution in [-0.4, -0.2) is 29.7 Å². The van der Waals surface area contributed by atoms with Gasteiger partial charge in [0, 0.05) is 29.3 Å². The standard InChI is InChI=1S/C23H26N2O5/c1-14(30-21(28)17-7-6-8-19(13-17)24-15(2)26)20(27)16-9-11-18(12-10-16)25-22(29)23(3,4)5/h6-14H,1-5H3,(H,24,26)(H,25,29)/t14-/m1/s1. The Morgan fingerprint density at radius 2 is 1.50 bits per heavy atom. The number of nitrogens with one attached hydrogen (secondary N) is 2. The molecular weight excluding hydrogens is 384 g/mol. The monoisotopic (exact) mass is 410 g/mol. The number of Topliss-reactive ketones (excluding diaryl/α,β-unsaturated/α-hetero) is 1. The maximum absolute atomic E-state index is 12.6. The minimum absolute atomic E-state index is 0.134. The number of rotatable bonds is 6. The molecule has 7 nitrogen and oxygen atoms in total. The quantitative estimate of drug-likeness (QED) is 0.552. The van der Waals surface area contributed by atoms with Crippen LogP contribution < -0.4 is 10.6 Å². The Kier molecular flexibility index (Phi) is 7.10. The van der Waals surface area contributed by atoms with Crippen LogP contribution in [0, 0.1) is 5.41 Å². The van der Waals surface area contributed by atoms with Crippen molar-refractivity contribution in [3.63, 3.8) is 0 Å². The molecule has 0 aliphatic carbocycles. The average molecular weight is 410 g/mol. The second-order valence-electron chi connectivity index (χ2n) is 7.96. The van der Waals surface area contributed by atoms with Gasteiger partial charge in [-0.05, 0) is 49.4 Å². The van der Waals surface area contributed by atoms with Crippen molar-refractivity contribution in [2.24, 2.45) is 5.41 Å². The summed E-state index contributed by atoms with van der Waals surface area (Å²) in [5.41, 5.74) is 1.08. The van der Waals surface area contributed by atoms with Crippen LogP contribution in [-0.2, 0) is 14.3 Å². The predicted molar refractivity (Wildman–Crippen MR) is 114 cm³/mol. The van der Waals surface area contributed by atoms with E-state index in [0.29, 0.717) is 16.9 Å². The van der Waals surface area contributed by atoms with Crippen molar-refractivity contribution in [2.45, 2.75) is 40.7 Å². The highest BCUT2D eigenvalue weighted by Gasteiger charge is 2.23. The van der Waals surface area contributed by atoms with Crippen LogP contribution in [0.5, 0.6) is 0 Å². The molecule has 0 saturated carbocycles. The fraction of sp³-hybridized carbons (Fsp3) is 0.304. The molecule has 1 atom stereocenters. The van der Waals surface area contributed by atoms with Crippen molar-refractivity contribution in [2.75, 3.05) is 10.6 Å². The minimum Gasteiger partial charge on any atom is -0.451 e. The zero-order valence-electron chi connectivity index (χ0n) is 17.7. The first-order valence-corrected chi connectivity index (χ1v) is 9.52. The second-order valence-corrected chi connectivity index (χ2v) is 7.96. The highest BCUT2D eigenvalue weighted by Crippen LogP contribution is 2.19. The van der Waals surface area contributed by atoms with Crippen LogP contribution in [0.2, 0.25) is 0 Å². The van der Waals surface area contributed by atoms with E-state index in [4.69, 9.17) is 4.74 Å². The van der Waals surface area contributed by atoms with Gasteiger partial charge in [-0.1, -0.05) is 26.8 Å². The third-order valence-electron chi connectivity index (χ3n) is 4.18. The summed E-state index contributed by atoms with van der Waals surface area (Å²) in [6.45, 7) is 8.28. The molecular formula is C23H26N2O5. The van der Waals surface area contributed by atoms with Gasteiger partial charge in [-0.15, -0.1) is 0 Å². The molecule has 0 aromatic heterocycles. The first-order valence-electron chi connectivity index (χ1n) is 9.52. The number of hydrogen-bond donors (Lipinski definition) is 2. The van der Waals surface area contributed by atoms with Crippen molar-refractivity contribution >= 4 is 34.9 Å². The van der Waals surface area contributed by atoms with Gasteiger partial charge in [0.05, 0.1) is 5.56 Å². The maximum Gasteiger partial charge on any atom is 0.338 e. The van der Waals surface area contributed by atoms with E-state index in [1.807, 2.05) is 20.8 Å². The molecule has 2 aromatic carbocycles. The summed E-state index contributed by atoms with van der Waals surface area (Å²) in [6.07, 6.45) is -1.00. The molecule has 0 fully saturated rings. The molecule has 0 aliphatic heterocycles. The zero-order valence-corrected chi connectivity index (χ0v) is 17.7. The first kappa shape index (κ1) is 22.8. The number of amides is 2. The predicted octanol–water partition coefficient (Wildman–Crippen LogP) is 4.06. The normalized spacial score (nSPS) is 11.9. The largest absolute Gasteiger partial charge is 0.451 e. The molecule has 30 heavy (non-hydrogen) atoms. The van der Waals surface area contributed by atoms with Crippen molar-refractivity contribution in [3.05, 3.63) is 59.7 Å². The average Bonchev–Trinajstić information content (AvgIpc) is 2.67. The Bertz CT molecular complexity index is 958. The van der Waals surface area contributed by atoms with Gasteiger partial charge in [0.15, 0.2) is 6.10 Å². The second kappa shape index (κ2) is 9.35. The highest BCUT2D eigenvalue weighted by molar-refractivity contribution is 6.02. The van der Waals surface area contributed by atoms with Crippen LogP contribution >= 0.6 is 0 Å². The molecule has 0 heterocycles. The fourth-order valence-electron chi connectivity index (χ4n) is 2.48. The first-order chi connectivity index (χ1) is 14.0. The number of ether oxygens (including phenoxy) is 1. The van der Waals surface area contributed by atoms with Gasteiger partial charge in [-0.3, -0.25) is 14.4 Å². The van der Waals surface area contributed by atoms with Crippen LogP contribution in [0.3, 0.4) is 0 Å². The topological polar surface area (TPSA) is 102 Å². The van der Waals surface area contributed by atoms with Gasteiger partial charge in [0.2, 0.25) is 17.6 Å². The smallest absolute Gasteiger partial charge is 0.338 e. The maximum atomic E-state index is 12.6. The lowest BCUT2D eigenvalue weighted by molar-refractivity contribution is -0.123. The SMILES string of the molecule is CC(=O)Nc1cccc(C(=O)O[C@H](C)C(=O)c2ccc(NC(=O)C(C)(C)C)cc2)c1. The number of esters is 1. The Morgan fingerprint density at radius 1 is 0.867 bits per heavy atom. The molecule has 2 rings (SSSR count). The lowest BCUT2D eigenvalue weighted by Crippen LogP contribution is -2.27. The lowest BCUT2D eigenvalue weighted by atomic mass is 9.95. The van der Waals surface area contributed by atoms with Crippen LogP contribution in [0.25, 0.3) is 0 Å². The van der Waals surface area contributed by atoms with Crippen molar-refractivity contribution in [1.29, 1.82) is 0 Å². The van der Waals surface area contributed by atoms with Gasteiger partial charge < -0.3 is 15.4 Å². The summed E-state index contributed by atoms with van der Waals surface area (Å²) >= 11 is 0. The number of benzene rings is 2. The summed E-state index contributed by atoms with van der Waals surface area (Å²) in [5.74, 6) is -1.43. The third-order valence-corrected chi connectivity index (χ3v) is 4.18. The third kappa shape index (κ3) is 6.27. The van der Waals surface area contributed by atoms with E-state index in [9.17, 15) is 19.2 Å². The van der Waals surface area contributed by atoms with Crippen LogP contribution in [0.4, 0.5) is 11.4 Å².